The largest absolute Gasteiger partial charge is 0.383 e. The molecule has 0 unspecified atom stereocenters. The van der Waals surface area contributed by atoms with Crippen LogP contribution < -0.4 is 5.32 Å². The summed E-state index contributed by atoms with van der Waals surface area (Å²) in [6, 6.07) is 11.2. The molecule has 0 radical (unpaired) electrons. The van der Waals surface area contributed by atoms with Crippen LogP contribution in [-0.2, 0) is 9.63 Å². The maximum absolute atomic E-state index is 13.0. The van der Waals surface area contributed by atoms with Crippen molar-refractivity contribution in [2.75, 3.05) is 5.32 Å². The number of carbonyl (C=O) groups is 1. The summed E-state index contributed by atoms with van der Waals surface area (Å²) < 4.78 is 13.8. The predicted molar refractivity (Wildman–Crippen MR) is 92.3 cm³/mol. The van der Waals surface area contributed by atoms with Gasteiger partial charge in [-0.15, -0.1) is 0 Å². The molecular weight excluding hydrogens is 387 g/mol. The fraction of sp³-hybridized carbons (Fsp3) is 0.125. The lowest BCUT2D eigenvalue weighted by Crippen LogP contribution is -2.26. The van der Waals surface area contributed by atoms with Crippen LogP contribution in [0.4, 0.5) is 10.1 Å². The van der Waals surface area contributed by atoms with Crippen LogP contribution in [0.25, 0.3) is 0 Å². The van der Waals surface area contributed by atoms with Crippen LogP contribution in [0.3, 0.4) is 0 Å². The Morgan fingerprint density at radius 2 is 2.13 bits per heavy atom. The molecule has 4 nitrogen and oxygen atoms in total. The lowest BCUT2D eigenvalue weighted by Gasteiger charge is -2.11. The standard InChI is InChI=1S/C16H13BrClFN2O2/c1-10(23-20-9-11-4-2-3-5-13(11)17)16(22)21-15-7-6-12(19)8-14(15)18/h2-10H,1H3,(H,21,22)/b20-9-/t10-/m1/s1. The third-order valence-electron chi connectivity index (χ3n) is 2.87. The van der Waals surface area contributed by atoms with Crippen LogP contribution in [0.5, 0.6) is 0 Å². The van der Waals surface area contributed by atoms with Crippen molar-refractivity contribution in [3.8, 4) is 0 Å². The number of nitrogens with one attached hydrogen (secondary N) is 1. The monoisotopic (exact) mass is 398 g/mol. The quantitative estimate of drug-likeness (QED) is 0.589. The van der Waals surface area contributed by atoms with Crippen molar-refractivity contribution in [3.05, 3.63) is 63.3 Å². The molecule has 0 heterocycles. The fourth-order valence-electron chi connectivity index (χ4n) is 1.63. The van der Waals surface area contributed by atoms with Crippen molar-refractivity contribution in [1.29, 1.82) is 0 Å². The van der Waals surface area contributed by atoms with Gasteiger partial charge in [-0.05, 0) is 31.2 Å². The van der Waals surface area contributed by atoms with E-state index in [-0.39, 0.29) is 5.02 Å². The molecule has 0 bridgehead atoms. The van der Waals surface area contributed by atoms with Gasteiger partial charge in [0.1, 0.15) is 5.82 Å². The van der Waals surface area contributed by atoms with Crippen LogP contribution in [0, 0.1) is 5.82 Å². The average Bonchev–Trinajstić information content (AvgIpc) is 2.51. The minimum absolute atomic E-state index is 0.113. The molecule has 0 saturated carbocycles. The van der Waals surface area contributed by atoms with Gasteiger partial charge in [0.05, 0.1) is 16.9 Å². The van der Waals surface area contributed by atoms with Crippen molar-refractivity contribution in [2.45, 2.75) is 13.0 Å². The summed E-state index contributed by atoms with van der Waals surface area (Å²) in [5.74, 6) is -0.918. The molecule has 0 aromatic heterocycles. The van der Waals surface area contributed by atoms with E-state index >= 15 is 0 Å². The number of halogens is 3. The first-order chi connectivity index (χ1) is 11.0. The number of oxime groups is 1. The minimum Gasteiger partial charge on any atom is -0.383 e. The Hall–Kier alpha value is -1.92. The summed E-state index contributed by atoms with van der Waals surface area (Å²) >= 11 is 9.23. The molecule has 7 heteroatoms. The van der Waals surface area contributed by atoms with E-state index in [0.717, 1.165) is 16.1 Å². The van der Waals surface area contributed by atoms with Crippen molar-refractivity contribution in [1.82, 2.24) is 0 Å². The van der Waals surface area contributed by atoms with Gasteiger partial charge in [-0.3, -0.25) is 4.79 Å². The maximum Gasteiger partial charge on any atom is 0.268 e. The van der Waals surface area contributed by atoms with Gasteiger partial charge in [-0.2, -0.15) is 0 Å². The number of benzene rings is 2. The third kappa shape index (κ3) is 5.04. The number of nitrogens with zero attached hydrogens (tertiary/aromatic N) is 1. The van der Waals surface area contributed by atoms with Crippen LogP contribution in [0.2, 0.25) is 5.02 Å². The highest BCUT2D eigenvalue weighted by Crippen LogP contribution is 2.22. The van der Waals surface area contributed by atoms with Crippen LogP contribution in [0.1, 0.15) is 12.5 Å². The number of amides is 1. The highest BCUT2D eigenvalue weighted by Gasteiger charge is 2.15. The molecule has 0 aliphatic carbocycles. The summed E-state index contributed by atoms with van der Waals surface area (Å²) in [6.07, 6.45) is 0.661. The smallest absolute Gasteiger partial charge is 0.268 e. The lowest BCUT2D eigenvalue weighted by atomic mass is 10.2. The molecule has 0 aliphatic heterocycles. The Morgan fingerprint density at radius 3 is 2.83 bits per heavy atom. The first kappa shape index (κ1) is 17.4. The second-order valence-corrected chi connectivity index (χ2v) is 5.88. The van der Waals surface area contributed by atoms with E-state index in [1.165, 1.54) is 18.3 Å². The molecule has 120 valence electrons. The first-order valence-corrected chi connectivity index (χ1v) is 7.84. The Labute approximate surface area is 146 Å². The maximum atomic E-state index is 13.0. The molecule has 1 atom stereocenters. The number of rotatable bonds is 5. The van der Waals surface area contributed by atoms with E-state index in [9.17, 15) is 9.18 Å². The summed E-state index contributed by atoms with van der Waals surface area (Å²) in [5.41, 5.74) is 1.13. The van der Waals surface area contributed by atoms with Crippen molar-refractivity contribution < 1.29 is 14.0 Å². The van der Waals surface area contributed by atoms with Gasteiger partial charge in [-0.25, -0.2) is 4.39 Å². The van der Waals surface area contributed by atoms with E-state index in [1.54, 1.807) is 6.92 Å². The Morgan fingerprint density at radius 1 is 1.39 bits per heavy atom. The van der Waals surface area contributed by atoms with Gasteiger partial charge < -0.3 is 10.2 Å². The molecule has 2 aromatic rings. The van der Waals surface area contributed by atoms with Gasteiger partial charge in [0.25, 0.3) is 5.91 Å². The molecule has 0 spiro atoms. The molecule has 0 aliphatic rings. The van der Waals surface area contributed by atoms with E-state index in [1.807, 2.05) is 24.3 Å². The zero-order valence-electron chi connectivity index (χ0n) is 12.1. The van der Waals surface area contributed by atoms with Gasteiger partial charge in [0, 0.05) is 10.0 Å². The van der Waals surface area contributed by atoms with Crippen molar-refractivity contribution in [2.24, 2.45) is 5.16 Å². The van der Waals surface area contributed by atoms with Crippen LogP contribution in [-0.4, -0.2) is 18.2 Å². The topological polar surface area (TPSA) is 50.7 Å². The molecule has 23 heavy (non-hydrogen) atoms. The molecular formula is C16H13BrClFN2O2. The normalized spacial score (nSPS) is 12.2. The summed E-state index contributed by atoms with van der Waals surface area (Å²) in [7, 11) is 0. The zero-order valence-corrected chi connectivity index (χ0v) is 14.4. The summed E-state index contributed by atoms with van der Waals surface area (Å²) in [6.45, 7) is 1.55. The third-order valence-corrected chi connectivity index (χ3v) is 3.91. The van der Waals surface area contributed by atoms with Crippen LogP contribution in [0.15, 0.2) is 52.1 Å². The number of hydrogen-bond acceptors (Lipinski definition) is 3. The van der Waals surface area contributed by atoms with Gasteiger partial charge in [0.15, 0.2) is 0 Å². The molecule has 1 amide bonds. The summed E-state index contributed by atoms with van der Waals surface area (Å²) in [4.78, 5) is 17.1. The van der Waals surface area contributed by atoms with Gasteiger partial charge >= 0.3 is 0 Å². The van der Waals surface area contributed by atoms with Gasteiger partial charge in [-0.1, -0.05) is 50.9 Å². The summed E-state index contributed by atoms with van der Waals surface area (Å²) in [5, 5.41) is 6.46. The fourth-order valence-corrected chi connectivity index (χ4v) is 2.23. The van der Waals surface area contributed by atoms with Crippen LogP contribution >= 0.6 is 27.5 Å². The molecule has 0 saturated heterocycles. The van der Waals surface area contributed by atoms with Gasteiger partial charge in [0.2, 0.25) is 6.10 Å². The number of carbonyl (C=O) groups excluding carboxylic acids is 1. The van der Waals surface area contributed by atoms with Crippen molar-refractivity contribution >= 4 is 45.3 Å². The molecule has 2 rings (SSSR count). The molecule has 0 fully saturated rings. The SMILES string of the molecule is C[C@@H](O/N=C\c1ccccc1Br)C(=O)Nc1ccc(F)cc1Cl. The highest BCUT2D eigenvalue weighted by atomic mass is 79.9. The van der Waals surface area contributed by atoms with Crippen molar-refractivity contribution in [3.63, 3.8) is 0 Å². The predicted octanol–water partition coefficient (Wildman–Crippen LogP) is 4.62. The number of hydrogen-bond donors (Lipinski definition) is 1. The number of anilines is 1. The Balaban J connectivity index is 1.94. The highest BCUT2D eigenvalue weighted by molar-refractivity contribution is 9.10. The van der Waals surface area contributed by atoms with E-state index in [4.69, 9.17) is 16.4 Å². The second-order valence-electron chi connectivity index (χ2n) is 4.62. The molecule has 1 N–H and O–H groups in total. The minimum atomic E-state index is -0.838. The average molecular weight is 400 g/mol. The second kappa shape index (κ2) is 8.08. The molecule has 2 aromatic carbocycles. The Kier molecular flexibility index (Phi) is 6.12. The first-order valence-electron chi connectivity index (χ1n) is 6.67. The lowest BCUT2D eigenvalue weighted by molar-refractivity contribution is -0.126. The zero-order chi connectivity index (χ0) is 16.8. The van der Waals surface area contributed by atoms with E-state index in [0.29, 0.717) is 5.69 Å². The van der Waals surface area contributed by atoms with E-state index < -0.39 is 17.8 Å². The van der Waals surface area contributed by atoms with E-state index in [2.05, 4.69) is 26.4 Å². The Bertz CT molecular complexity index is 740.